The summed E-state index contributed by atoms with van der Waals surface area (Å²) < 4.78 is 38.6. The lowest BCUT2D eigenvalue weighted by molar-refractivity contribution is -0.137. The number of carbonyl (C=O) groups excluding carboxylic acids is 1. The van der Waals surface area contributed by atoms with Gasteiger partial charge in [0.2, 0.25) is 5.91 Å². The third-order valence-corrected chi connectivity index (χ3v) is 3.38. The first kappa shape index (κ1) is 14.2. The predicted molar refractivity (Wildman–Crippen MR) is 65.7 cm³/mol. The van der Waals surface area contributed by atoms with Crippen molar-refractivity contribution >= 4 is 11.6 Å². The zero-order valence-electron chi connectivity index (χ0n) is 10.4. The first-order chi connectivity index (χ1) is 9.32. The normalized spacial score (nSPS) is 18.9. The van der Waals surface area contributed by atoms with Gasteiger partial charge in [-0.3, -0.25) is 4.79 Å². The molecule has 1 aromatic rings. The van der Waals surface area contributed by atoms with E-state index in [-0.39, 0.29) is 5.92 Å². The van der Waals surface area contributed by atoms with E-state index < -0.39 is 23.2 Å². The first-order valence-electron chi connectivity index (χ1n) is 5.98. The molecule has 2 rings (SSSR count). The van der Waals surface area contributed by atoms with E-state index in [1.165, 1.54) is 12.1 Å². The van der Waals surface area contributed by atoms with Gasteiger partial charge in [-0.05, 0) is 24.6 Å². The molecule has 0 aliphatic carbocycles. The molecule has 0 bridgehead atoms. The molecule has 1 unspecified atom stereocenters. The lowest BCUT2D eigenvalue weighted by Gasteiger charge is -2.20. The number of amides is 1. The van der Waals surface area contributed by atoms with E-state index in [1.54, 1.807) is 4.90 Å². The lowest BCUT2D eigenvalue weighted by atomic mass is 10.1. The average Bonchev–Trinajstić information content (AvgIpc) is 2.86. The molecule has 106 valence electrons. The fourth-order valence-electron chi connectivity index (χ4n) is 2.29. The maximum absolute atomic E-state index is 12.9. The summed E-state index contributed by atoms with van der Waals surface area (Å²) in [6, 6.07) is 5.08. The molecular weight excluding hydrogens is 271 g/mol. The number of halogens is 3. The third-order valence-electron chi connectivity index (χ3n) is 3.38. The number of nitrogens with two attached hydrogens (primary N) is 1. The van der Waals surface area contributed by atoms with E-state index in [0.29, 0.717) is 25.2 Å². The highest BCUT2D eigenvalue weighted by Gasteiger charge is 2.35. The Bertz CT molecular complexity index is 577. The molecule has 20 heavy (non-hydrogen) atoms. The highest BCUT2D eigenvalue weighted by Crippen LogP contribution is 2.35. The van der Waals surface area contributed by atoms with Crippen LogP contribution in [-0.4, -0.2) is 19.0 Å². The number of carbonyl (C=O) groups is 1. The summed E-state index contributed by atoms with van der Waals surface area (Å²) in [6.07, 6.45) is -4.05. The van der Waals surface area contributed by atoms with Gasteiger partial charge in [-0.1, -0.05) is 0 Å². The van der Waals surface area contributed by atoms with Crippen LogP contribution >= 0.6 is 0 Å². The predicted octanol–water partition coefficient (Wildman–Crippen LogP) is 1.89. The second kappa shape index (κ2) is 5.04. The monoisotopic (exact) mass is 283 g/mol. The second-order valence-corrected chi connectivity index (χ2v) is 4.67. The van der Waals surface area contributed by atoms with Gasteiger partial charge in [0, 0.05) is 18.8 Å². The van der Waals surface area contributed by atoms with E-state index in [4.69, 9.17) is 11.0 Å². The molecule has 1 amide bonds. The van der Waals surface area contributed by atoms with Crippen molar-refractivity contribution in [3.8, 4) is 6.07 Å². The van der Waals surface area contributed by atoms with Gasteiger partial charge in [-0.2, -0.15) is 18.4 Å². The van der Waals surface area contributed by atoms with Gasteiger partial charge in [0.1, 0.15) is 0 Å². The minimum Gasteiger partial charge on any atom is -0.371 e. The van der Waals surface area contributed by atoms with Crippen molar-refractivity contribution in [3.05, 3.63) is 29.3 Å². The van der Waals surface area contributed by atoms with Gasteiger partial charge >= 0.3 is 6.18 Å². The van der Waals surface area contributed by atoms with Crippen LogP contribution in [0.4, 0.5) is 18.9 Å². The minimum atomic E-state index is -4.58. The molecule has 4 nitrogen and oxygen atoms in total. The van der Waals surface area contributed by atoms with Gasteiger partial charge in [0.05, 0.1) is 23.1 Å². The number of nitrogens with zero attached hydrogens (tertiary/aromatic N) is 2. The molecule has 1 aliphatic rings. The Morgan fingerprint density at radius 3 is 2.65 bits per heavy atom. The fourth-order valence-corrected chi connectivity index (χ4v) is 2.29. The largest absolute Gasteiger partial charge is 0.417 e. The molecule has 0 saturated carbocycles. The summed E-state index contributed by atoms with van der Waals surface area (Å²) in [5.74, 6) is -0.794. The Kier molecular flexibility index (Phi) is 3.57. The Morgan fingerprint density at radius 2 is 2.15 bits per heavy atom. The van der Waals surface area contributed by atoms with E-state index in [2.05, 4.69) is 0 Å². The fraction of sp³-hybridized carbons (Fsp3) is 0.385. The van der Waals surface area contributed by atoms with Crippen LogP contribution in [0, 0.1) is 17.2 Å². The topological polar surface area (TPSA) is 70.1 Å². The molecule has 1 saturated heterocycles. The van der Waals surface area contributed by atoms with Crippen LogP contribution in [0.2, 0.25) is 0 Å². The number of primary amides is 1. The van der Waals surface area contributed by atoms with Crippen LogP contribution in [0.25, 0.3) is 0 Å². The number of nitriles is 1. The van der Waals surface area contributed by atoms with Crippen molar-refractivity contribution in [1.29, 1.82) is 5.26 Å². The summed E-state index contributed by atoms with van der Waals surface area (Å²) in [4.78, 5) is 12.8. The van der Waals surface area contributed by atoms with Crippen LogP contribution in [-0.2, 0) is 11.0 Å². The van der Waals surface area contributed by atoms with E-state index in [1.807, 2.05) is 0 Å². The van der Waals surface area contributed by atoms with Gasteiger partial charge in [-0.15, -0.1) is 0 Å². The smallest absolute Gasteiger partial charge is 0.371 e. The quantitative estimate of drug-likeness (QED) is 0.901. The Labute approximate surface area is 113 Å². The molecule has 0 radical (unpaired) electrons. The van der Waals surface area contributed by atoms with E-state index >= 15 is 0 Å². The zero-order chi connectivity index (χ0) is 14.9. The van der Waals surface area contributed by atoms with Crippen LogP contribution in [0.1, 0.15) is 17.5 Å². The van der Waals surface area contributed by atoms with Crippen LogP contribution < -0.4 is 10.6 Å². The second-order valence-electron chi connectivity index (χ2n) is 4.67. The zero-order valence-corrected chi connectivity index (χ0v) is 10.4. The lowest BCUT2D eigenvalue weighted by Crippen LogP contribution is -2.27. The van der Waals surface area contributed by atoms with Crippen molar-refractivity contribution < 1.29 is 18.0 Å². The summed E-state index contributed by atoms with van der Waals surface area (Å²) in [5.41, 5.74) is 4.17. The number of alkyl halides is 3. The Balaban J connectivity index is 2.31. The summed E-state index contributed by atoms with van der Waals surface area (Å²) in [5, 5.41) is 8.73. The summed E-state index contributed by atoms with van der Waals surface area (Å²) in [6.45, 7) is 0.773. The standard InChI is InChI=1S/C13H12F3N3O/c14-13(15,16)11-5-10(2-1-8(11)6-17)19-4-3-9(7-19)12(18)20/h1-2,5,9H,3-4,7H2,(H2,18,20). The Morgan fingerprint density at radius 1 is 1.45 bits per heavy atom. The van der Waals surface area contributed by atoms with Gasteiger partial charge in [-0.25, -0.2) is 0 Å². The highest BCUT2D eigenvalue weighted by atomic mass is 19.4. The highest BCUT2D eigenvalue weighted by molar-refractivity contribution is 5.78. The molecule has 1 fully saturated rings. The average molecular weight is 283 g/mol. The maximum atomic E-state index is 12.9. The van der Waals surface area contributed by atoms with Crippen LogP contribution in [0.15, 0.2) is 18.2 Å². The van der Waals surface area contributed by atoms with E-state index in [9.17, 15) is 18.0 Å². The van der Waals surface area contributed by atoms with Crippen molar-refractivity contribution in [2.75, 3.05) is 18.0 Å². The van der Waals surface area contributed by atoms with Crippen molar-refractivity contribution in [3.63, 3.8) is 0 Å². The van der Waals surface area contributed by atoms with Crippen molar-refractivity contribution in [1.82, 2.24) is 0 Å². The third kappa shape index (κ3) is 2.69. The number of benzene rings is 1. The molecule has 0 spiro atoms. The van der Waals surface area contributed by atoms with Crippen molar-refractivity contribution in [2.24, 2.45) is 11.7 Å². The van der Waals surface area contributed by atoms with Crippen molar-refractivity contribution in [2.45, 2.75) is 12.6 Å². The maximum Gasteiger partial charge on any atom is 0.417 e. The minimum absolute atomic E-state index is 0.304. The number of hydrogen-bond donors (Lipinski definition) is 1. The molecule has 2 N–H and O–H groups in total. The van der Waals surface area contributed by atoms with E-state index in [0.717, 1.165) is 12.1 Å². The number of rotatable bonds is 2. The SMILES string of the molecule is N#Cc1ccc(N2CCC(C(N)=O)C2)cc1C(F)(F)F. The van der Waals surface area contributed by atoms with Gasteiger partial charge in [0.15, 0.2) is 0 Å². The van der Waals surface area contributed by atoms with Gasteiger partial charge < -0.3 is 10.6 Å². The molecule has 1 aliphatic heterocycles. The molecule has 1 heterocycles. The molecule has 1 aromatic carbocycles. The summed E-state index contributed by atoms with van der Waals surface area (Å²) >= 11 is 0. The van der Waals surface area contributed by atoms with Crippen LogP contribution in [0.3, 0.4) is 0 Å². The molecule has 1 atom stereocenters. The Hall–Kier alpha value is -2.23. The summed E-state index contributed by atoms with van der Waals surface area (Å²) in [7, 11) is 0. The molecule has 0 aromatic heterocycles. The molecule has 7 heteroatoms. The van der Waals surface area contributed by atoms with Gasteiger partial charge in [0.25, 0.3) is 0 Å². The number of anilines is 1. The number of hydrogen-bond acceptors (Lipinski definition) is 3. The first-order valence-corrected chi connectivity index (χ1v) is 5.98. The van der Waals surface area contributed by atoms with Crippen LogP contribution in [0.5, 0.6) is 0 Å². The molecular formula is C13H12F3N3O.